The fourth-order valence-electron chi connectivity index (χ4n) is 2.05. The summed E-state index contributed by atoms with van der Waals surface area (Å²) < 4.78 is 0. The van der Waals surface area contributed by atoms with Gasteiger partial charge in [0.25, 0.3) is 0 Å². The van der Waals surface area contributed by atoms with Crippen LogP contribution in [0.15, 0.2) is 6.07 Å². The van der Waals surface area contributed by atoms with Crippen LogP contribution in [0.4, 0.5) is 5.82 Å². The lowest BCUT2D eigenvalue weighted by atomic mass is 10.3. The second-order valence-electron chi connectivity index (χ2n) is 4.23. The molecule has 6 heteroatoms. The molecule has 5 nitrogen and oxygen atoms in total. The highest BCUT2D eigenvalue weighted by Crippen LogP contribution is 2.20. The lowest BCUT2D eigenvalue weighted by Gasteiger charge is -2.18. The fraction of sp³-hybridized carbons (Fsp3) is 0.545. The predicted molar refractivity (Wildman–Crippen MR) is 66.2 cm³/mol. The number of carbonyl (C=O) groups is 1. The first kappa shape index (κ1) is 12.1. The highest BCUT2D eigenvalue weighted by atomic mass is 35.5. The van der Waals surface area contributed by atoms with Gasteiger partial charge in [-0.2, -0.15) is 0 Å². The minimum absolute atomic E-state index is 0.00810. The van der Waals surface area contributed by atoms with Crippen molar-refractivity contribution in [1.29, 1.82) is 0 Å². The van der Waals surface area contributed by atoms with Crippen LogP contribution < -0.4 is 10.2 Å². The third kappa shape index (κ3) is 3.06. The second kappa shape index (κ2) is 4.87. The molecule has 1 aromatic heterocycles. The molecule has 1 saturated heterocycles. The molecule has 1 amide bonds. The summed E-state index contributed by atoms with van der Waals surface area (Å²) in [7, 11) is 0. The van der Waals surface area contributed by atoms with E-state index in [0.29, 0.717) is 11.0 Å². The van der Waals surface area contributed by atoms with Gasteiger partial charge in [-0.3, -0.25) is 4.79 Å². The number of hydrogen-bond donors (Lipinski definition) is 1. The van der Waals surface area contributed by atoms with E-state index >= 15 is 0 Å². The van der Waals surface area contributed by atoms with Gasteiger partial charge in [-0.15, -0.1) is 0 Å². The molecule has 1 aromatic rings. The number of anilines is 1. The molecule has 0 bridgehead atoms. The number of hydrogen-bond acceptors (Lipinski definition) is 4. The normalized spacial score (nSPS) is 19.5. The molecule has 1 aliphatic heterocycles. The van der Waals surface area contributed by atoms with E-state index in [4.69, 9.17) is 11.6 Å². The van der Waals surface area contributed by atoms with Gasteiger partial charge < -0.3 is 10.2 Å². The molecule has 1 unspecified atom stereocenters. The van der Waals surface area contributed by atoms with Crippen LogP contribution >= 0.6 is 11.6 Å². The smallest absolute Gasteiger partial charge is 0.217 e. The Morgan fingerprint density at radius 2 is 2.35 bits per heavy atom. The molecular formula is C11H15ClN4O. The highest BCUT2D eigenvalue weighted by molar-refractivity contribution is 6.29. The van der Waals surface area contributed by atoms with E-state index in [-0.39, 0.29) is 11.9 Å². The molecule has 1 aliphatic rings. The largest absolute Gasteiger partial charge is 0.354 e. The summed E-state index contributed by atoms with van der Waals surface area (Å²) in [4.78, 5) is 21.5. The van der Waals surface area contributed by atoms with E-state index < -0.39 is 0 Å². The molecule has 17 heavy (non-hydrogen) atoms. The first-order chi connectivity index (χ1) is 8.04. The minimum Gasteiger partial charge on any atom is -0.354 e. The summed E-state index contributed by atoms with van der Waals surface area (Å²) in [5.41, 5.74) is 0. The molecule has 0 spiro atoms. The van der Waals surface area contributed by atoms with E-state index in [1.54, 1.807) is 6.07 Å². The molecule has 2 rings (SSSR count). The molecule has 0 aromatic carbocycles. The number of halogens is 1. The van der Waals surface area contributed by atoms with Crippen LogP contribution in [-0.2, 0) is 4.79 Å². The standard InChI is InChI=1S/C11H15ClN4O/c1-7-13-10(12)5-11(14-7)16-4-3-9(6-16)15-8(2)17/h5,9H,3-4,6H2,1-2H3,(H,15,17). The predicted octanol–water partition coefficient (Wildman–Crippen LogP) is 1.15. The van der Waals surface area contributed by atoms with E-state index in [0.717, 1.165) is 25.3 Å². The first-order valence-corrected chi connectivity index (χ1v) is 5.95. The Kier molecular flexibility index (Phi) is 3.47. The van der Waals surface area contributed by atoms with Gasteiger partial charge in [0.1, 0.15) is 16.8 Å². The van der Waals surface area contributed by atoms with Gasteiger partial charge in [-0.1, -0.05) is 11.6 Å². The van der Waals surface area contributed by atoms with Crippen molar-refractivity contribution in [2.45, 2.75) is 26.3 Å². The Bertz CT molecular complexity index is 417. The summed E-state index contributed by atoms with van der Waals surface area (Å²) in [6, 6.07) is 1.95. The molecular weight excluding hydrogens is 240 g/mol. The van der Waals surface area contributed by atoms with Crippen LogP contribution in [-0.4, -0.2) is 35.0 Å². The zero-order valence-corrected chi connectivity index (χ0v) is 10.7. The number of nitrogens with one attached hydrogen (secondary N) is 1. The van der Waals surface area contributed by atoms with Crippen LogP contribution in [0.5, 0.6) is 0 Å². The molecule has 2 heterocycles. The van der Waals surface area contributed by atoms with Crippen molar-refractivity contribution in [2.75, 3.05) is 18.0 Å². The van der Waals surface area contributed by atoms with Crippen LogP contribution in [0, 0.1) is 6.92 Å². The number of amides is 1. The van der Waals surface area contributed by atoms with Crippen molar-refractivity contribution in [1.82, 2.24) is 15.3 Å². The second-order valence-corrected chi connectivity index (χ2v) is 4.62. The van der Waals surface area contributed by atoms with Gasteiger partial charge in [-0.05, 0) is 13.3 Å². The van der Waals surface area contributed by atoms with Crippen LogP contribution in [0.3, 0.4) is 0 Å². The molecule has 1 N–H and O–H groups in total. The van der Waals surface area contributed by atoms with E-state index in [2.05, 4.69) is 20.2 Å². The lowest BCUT2D eigenvalue weighted by Crippen LogP contribution is -2.35. The average molecular weight is 255 g/mol. The zero-order chi connectivity index (χ0) is 12.4. The average Bonchev–Trinajstić information content (AvgIpc) is 2.63. The molecule has 0 radical (unpaired) electrons. The van der Waals surface area contributed by atoms with E-state index in [9.17, 15) is 4.79 Å². The van der Waals surface area contributed by atoms with Crippen molar-refractivity contribution < 1.29 is 4.79 Å². The maximum Gasteiger partial charge on any atom is 0.217 e. The van der Waals surface area contributed by atoms with Gasteiger partial charge in [0.2, 0.25) is 5.91 Å². The number of rotatable bonds is 2. The summed E-state index contributed by atoms with van der Waals surface area (Å²) in [6.07, 6.45) is 0.931. The van der Waals surface area contributed by atoms with E-state index in [1.807, 2.05) is 6.92 Å². The quantitative estimate of drug-likeness (QED) is 0.805. The lowest BCUT2D eigenvalue weighted by molar-refractivity contribution is -0.119. The van der Waals surface area contributed by atoms with Gasteiger partial charge >= 0.3 is 0 Å². The summed E-state index contributed by atoms with van der Waals surface area (Å²) in [5.74, 6) is 1.50. The molecule has 1 fully saturated rings. The maximum atomic E-state index is 11.0. The van der Waals surface area contributed by atoms with Crippen LogP contribution in [0.2, 0.25) is 5.15 Å². The minimum atomic E-state index is 0.00810. The topological polar surface area (TPSA) is 58.1 Å². The van der Waals surface area contributed by atoms with Crippen molar-refractivity contribution >= 4 is 23.3 Å². The number of aryl methyl sites for hydroxylation is 1. The first-order valence-electron chi connectivity index (χ1n) is 5.58. The number of carbonyl (C=O) groups excluding carboxylic acids is 1. The Hall–Kier alpha value is -1.36. The highest BCUT2D eigenvalue weighted by Gasteiger charge is 2.24. The van der Waals surface area contributed by atoms with Crippen LogP contribution in [0.25, 0.3) is 0 Å². The van der Waals surface area contributed by atoms with E-state index in [1.165, 1.54) is 6.92 Å². The Labute approximate surface area is 105 Å². The molecule has 1 atom stereocenters. The van der Waals surface area contributed by atoms with Crippen molar-refractivity contribution in [3.63, 3.8) is 0 Å². The summed E-state index contributed by atoms with van der Waals surface area (Å²) in [6.45, 7) is 5.00. The maximum absolute atomic E-state index is 11.0. The number of nitrogens with zero attached hydrogens (tertiary/aromatic N) is 3. The van der Waals surface area contributed by atoms with Crippen molar-refractivity contribution in [2.24, 2.45) is 0 Å². The fourth-order valence-corrected chi connectivity index (χ4v) is 2.27. The molecule has 92 valence electrons. The zero-order valence-electron chi connectivity index (χ0n) is 9.90. The molecule has 0 aliphatic carbocycles. The van der Waals surface area contributed by atoms with Crippen molar-refractivity contribution in [3.8, 4) is 0 Å². The number of aromatic nitrogens is 2. The monoisotopic (exact) mass is 254 g/mol. The Morgan fingerprint density at radius 1 is 1.59 bits per heavy atom. The van der Waals surface area contributed by atoms with Gasteiger partial charge in [-0.25, -0.2) is 9.97 Å². The van der Waals surface area contributed by atoms with Gasteiger partial charge in [0.05, 0.1) is 0 Å². The van der Waals surface area contributed by atoms with Crippen LogP contribution in [0.1, 0.15) is 19.2 Å². The SMILES string of the molecule is CC(=O)NC1CCN(c2cc(Cl)nc(C)n2)C1. The molecule has 0 saturated carbocycles. The summed E-state index contributed by atoms with van der Waals surface area (Å²) >= 11 is 5.90. The van der Waals surface area contributed by atoms with Gasteiger partial charge in [0, 0.05) is 32.1 Å². The third-order valence-electron chi connectivity index (χ3n) is 2.71. The Balaban J connectivity index is 2.07. The summed E-state index contributed by atoms with van der Waals surface area (Å²) in [5, 5.41) is 3.37. The van der Waals surface area contributed by atoms with Gasteiger partial charge in [0.15, 0.2) is 0 Å². The Morgan fingerprint density at radius 3 is 3.00 bits per heavy atom. The third-order valence-corrected chi connectivity index (χ3v) is 2.91. The van der Waals surface area contributed by atoms with Crippen molar-refractivity contribution in [3.05, 3.63) is 17.0 Å².